The number of aliphatic hydroxyl groups excluding tert-OH is 7. The fourth-order valence-corrected chi connectivity index (χ4v) is 8.72. The minimum absolute atomic E-state index is 0.0363. The van der Waals surface area contributed by atoms with Gasteiger partial charge in [-0.1, -0.05) is 24.3 Å². The maximum absolute atomic E-state index is 13.4. The number of ether oxygens (including phenoxy) is 7. The van der Waals surface area contributed by atoms with E-state index in [0.717, 1.165) is 5.39 Å². The third-order valence-electron chi connectivity index (χ3n) is 12.3. The van der Waals surface area contributed by atoms with E-state index in [2.05, 4.69) is 5.32 Å². The van der Waals surface area contributed by atoms with Gasteiger partial charge in [-0.15, -0.1) is 0 Å². The molecule has 18 N–H and O–H groups in total. The van der Waals surface area contributed by atoms with Crippen molar-refractivity contribution in [2.24, 2.45) is 28.7 Å². The summed E-state index contributed by atoms with van der Waals surface area (Å²) in [6.07, 6.45) is -20.4. The van der Waals surface area contributed by atoms with Crippen molar-refractivity contribution in [3.8, 4) is 0 Å². The highest BCUT2D eigenvalue weighted by molar-refractivity contribution is 6.25. The van der Waals surface area contributed by atoms with Crippen molar-refractivity contribution in [1.82, 2.24) is 10.2 Å². The Hall–Kier alpha value is -2.96. The molecule has 62 heavy (non-hydrogen) atoms. The molecule has 0 unspecified atom stereocenters. The predicted octanol–water partition coefficient (Wildman–Crippen LogP) is -6.80. The number of hydrogen-bond acceptors (Lipinski definition) is 22. The standard InChI is InChI=1S/C39H59N7O16/c40-12-20-27(50)29(52)24(43)37(57-20)61-32-22(14-48)59-39(62-33-26(49)18(41)11-19(42)31(33)60-38-25(44)30(53)28(51)21(13-47)58-38)34(32)56-10-8-45-7-9-46-35(54)16-5-1-3-15-4-2-6-17(23(15)16)36(46)55/h1-6,18-22,24-34,37-39,45,47-53H,7-14,40-44H2/t18-,19+,20+,21-,22-,24-,25-,26+,27-,28-,29-,30-,31-,32-,33-,34-,37-,38-,39+/m1/s1. The van der Waals surface area contributed by atoms with E-state index in [-0.39, 0.29) is 39.2 Å². The van der Waals surface area contributed by atoms with Crippen molar-refractivity contribution < 1.29 is 78.5 Å². The normalized spacial score (nSPS) is 41.3. The van der Waals surface area contributed by atoms with Crippen molar-refractivity contribution in [3.05, 3.63) is 47.5 Å². The van der Waals surface area contributed by atoms with Gasteiger partial charge >= 0.3 is 0 Å². The molecule has 19 atom stereocenters. The number of carbonyl (C=O) groups excluding carboxylic acids is 2. The first-order valence-corrected chi connectivity index (χ1v) is 20.7. The summed E-state index contributed by atoms with van der Waals surface area (Å²) in [5, 5.41) is 78.4. The molecule has 0 bridgehead atoms. The minimum atomic E-state index is -1.57. The molecule has 2 amide bonds. The van der Waals surface area contributed by atoms with Gasteiger partial charge < -0.3 is 103 Å². The van der Waals surface area contributed by atoms with Crippen molar-refractivity contribution in [1.29, 1.82) is 0 Å². The number of nitrogens with one attached hydrogen (secondary N) is 1. The van der Waals surface area contributed by atoms with Gasteiger partial charge in [0.1, 0.15) is 67.1 Å². The second-order valence-corrected chi connectivity index (χ2v) is 16.3. The van der Waals surface area contributed by atoms with Crippen molar-refractivity contribution >= 4 is 22.6 Å². The molecule has 4 fully saturated rings. The van der Waals surface area contributed by atoms with Crippen LogP contribution in [0, 0.1) is 0 Å². The minimum Gasteiger partial charge on any atom is -0.394 e. The smallest absolute Gasteiger partial charge is 0.261 e. The lowest BCUT2D eigenvalue weighted by atomic mass is 9.84. The number of hydrogen-bond donors (Lipinski definition) is 13. The Kier molecular flexibility index (Phi) is 15.2. The van der Waals surface area contributed by atoms with Crippen LogP contribution in [-0.4, -0.2) is 215 Å². The molecule has 4 aliphatic heterocycles. The molecule has 0 spiro atoms. The van der Waals surface area contributed by atoms with Gasteiger partial charge in [0.25, 0.3) is 11.8 Å². The van der Waals surface area contributed by atoms with Crippen molar-refractivity contribution in [2.45, 2.75) is 123 Å². The quantitative estimate of drug-likeness (QED) is 0.0550. The van der Waals surface area contributed by atoms with Crippen LogP contribution in [0.15, 0.2) is 36.4 Å². The van der Waals surface area contributed by atoms with Crippen LogP contribution in [0.25, 0.3) is 10.8 Å². The molecular formula is C39H59N7O16. The second kappa shape index (κ2) is 20.1. The molecule has 2 aromatic carbocycles. The molecule has 0 radical (unpaired) electrons. The van der Waals surface area contributed by atoms with Gasteiger partial charge in [0.05, 0.1) is 38.0 Å². The number of carbonyl (C=O) groups is 2. The number of aliphatic hydroxyl groups is 7. The van der Waals surface area contributed by atoms with E-state index < -0.39 is 141 Å². The number of nitrogens with two attached hydrogens (primary N) is 5. The van der Waals surface area contributed by atoms with Gasteiger partial charge in [-0.05, 0) is 23.9 Å². The van der Waals surface area contributed by atoms with E-state index in [9.17, 15) is 45.3 Å². The summed E-state index contributed by atoms with van der Waals surface area (Å²) < 4.78 is 42.7. The fraction of sp³-hybridized carbons (Fsp3) is 0.692. The van der Waals surface area contributed by atoms with Gasteiger partial charge in [0.15, 0.2) is 18.9 Å². The molecule has 7 rings (SSSR count). The summed E-state index contributed by atoms with van der Waals surface area (Å²) in [6.45, 7) is -1.26. The predicted molar refractivity (Wildman–Crippen MR) is 212 cm³/mol. The Bertz CT molecular complexity index is 1800. The van der Waals surface area contributed by atoms with Crippen LogP contribution in [0.2, 0.25) is 0 Å². The van der Waals surface area contributed by atoms with Crippen molar-refractivity contribution in [3.63, 3.8) is 0 Å². The van der Waals surface area contributed by atoms with Crippen LogP contribution >= 0.6 is 0 Å². The third kappa shape index (κ3) is 9.13. The van der Waals surface area contributed by atoms with Gasteiger partial charge in [0, 0.05) is 54.8 Å². The molecular weight excluding hydrogens is 822 g/mol. The number of nitrogens with zero attached hydrogens (tertiary/aromatic N) is 1. The molecule has 5 aliphatic rings. The van der Waals surface area contributed by atoms with Crippen LogP contribution in [0.3, 0.4) is 0 Å². The maximum atomic E-state index is 13.4. The zero-order chi connectivity index (χ0) is 44.6. The summed E-state index contributed by atoms with van der Waals surface area (Å²) in [6, 6.07) is 6.09. The van der Waals surface area contributed by atoms with E-state index in [0.29, 0.717) is 16.5 Å². The topological polar surface area (TPSA) is 386 Å². The number of benzene rings is 2. The maximum Gasteiger partial charge on any atom is 0.261 e. The van der Waals surface area contributed by atoms with Crippen LogP contribution in [0.5, 0.6) is 0 Å². The average molecular weight is 882 g/mol. The first-order chi connectivity index (χ1) is 29.7. The van der Waals surface area contributed by atoms with E-state index in [1.807, 2.05) is 12.1 Å². The van der Waals surface area contributed by atoms with E-state index in [1.54, 1.807) is 24.3 Å². The summed E-state index contributed by atoms with van der Waals surface area (Å²) in [7, 11) is 0. The third-order valence-corrected chi connectivity index (χ3v) is 12.3. The lowest BCUT2D eigenvalue weighted by Crippen LogP contribution is -2.68. The monoisotopic (exact) mass is 881 g/mol. The number of imide groups is 1. The van der Waals surface area contributed by atoms with Gasteiger partial charge in [-0.2, -0.15) is 0 Å². The Balaban J connectivity index is 1.07. The Labute approximate surface area is 355 Å². The zero-order valence-electron chi connectivity index (χ0n) is 33.7. The van der Waals surface area contributed by atoms with Crippen molar-refractivity contribution in [2.75, 3.05) is 46.0 Å². The molecule has 0 aromatic heterocycles. The van der Waals surface area contributed by atoms with E-state index >= 15 is 0 Å². The van der Waals surface area contributed by atoms with Crippen LogP contribution in [0.4, 0.5) is 0 Å². The molecule has 23 nitrogen and oxygen atoms in total. The summed E-state index contributed by atoms with van der Waals surface area (Å²) in [5.41, 5.74) is 31.8. The number of amides is 2. The van der Waals surface area contributed by atoms with Crippen LogP contribution < -0.4 is 34.0 Å². The molecule has 1 aliphatic carbocycles. The largest absolute Gasteiger partial charge is 0.394 e. The first kappa shape index (κ1) is 47.0. The SMILES string of the molecule is NC[C@@H]1O[C@H](O[C@H]2[C@@H](OCCNCCN3C(=O)c4cccc5cccc(c45)C3=O)[C@H](O[C@@H]3[C@@H](O)[C@H](N)C[C@H](N)[C@H]3O[C@H]3O[C@H](CO)[C@@H](O)[C@H](O)[C@H]3N)O[C@@H]2CO)[C@H](N)[C@@H](O)[C@@H]1O. The molecule has 3 saturated heterocycles. The zero-order valence-corrected chi connectivity index (χ0v) is 33.7. The molecule has 346 valence electrons. The lowest BCUT2D eigenvalue weighted by molar-refractivity contribution is -0.311. The van der Waals surface area contributed by atoms with E-state index in [4.69, 9.17) is 61.8 Å². The summed E-state index contributed by atoms with van der Waals surface area (Å²) >= 11 is 0. The molecule has 4 heterocycles. The summed E-state index contributed by atoms with van der Waals surface area (Å²) in [5.74, 6) is -0.836. The number of rotatable bonds is 16. The first-order valence-electron chi connectivity index (χ1n) is 20.7. The highest BCUT2D eigenvalue weighted by atomic mass is 16.8. The van der Waals surface area contributed by atoms with E-state index in [1.165, 1.54) is 4.90 Å². The molecule has 2 aromatic rings. The lowest BCUT2D eigenvalue weighted by Gasteiger charge is -2.47. The highest BCUT2D eigenvalue weighted by Gasteiger charge is 2.55. The Morgan fingerprint density at radius 2 is 1.19 bits per heavy atom. The Morgan fingerprint density at radius 1 is 0.645 bits per heavy atom. The Morgan fingerprint density at radius 3 is 1.79 bits per heavy atom. The van der Waals surface area contributed by atoms with Gasteiger partial charge in [0.2, 0.25) is 0 Å². The van der Waals surface area contributed by atoms with Crippen LogP contribution in [-0.2, 0) is 33.2 Å². The second-order valence-electron chi connectivity index (χ2n) is 16.3. The fourth-order valence-electron chi connectivity index (χ4n) is 8.72. The molecule has 23 heteroatoms. The summed E-state index contributed by atoms with van der Waals surface area (Å²) in [4.78, 5) is 27.9. The van der Waals surface area contributed by atoms with Gasteiger partial charge in [-0.25, -0.2) is 0 Å². The van der Waals surface area contributed by atoms with Gasteiger partial charge in [-0.3, -0.25) is 14.5 Å². The average Bonchev–Trinajstić information content (AvgIpc) is 3.59. The van der Waals surface area contributed by atoms with Crippen LogP contribution in [0.1, 0.15) is 27.1 Å². The highest BCUT2D eigenvalue weighted by Crippen LogP contribution is 2.36. The molecule has 1 saturated carbocycles.